The lowest BCUT2D eigenvalue weighted by Crippen LogP contribution is -2.36. The Morgan fingerprint density at radius 2 is 1.94 bits per heavy atom. The predicted molar refractivity (Wildman–Crippen MR) is 139 cm³/mol. The van der Waals surface area contributed by atoms with Crippen LogP contribution in [0.25, 0.3) is 0 Å². The number of pyridine rings is 2. The van der Waals surface area contributed by atoms with E-state index in [4.69, 9.17) is 14.5 Å². The molecule has 0 amide bonds. The number of rotatable bonds is 7. The number of benzene rings is 1. The molecule has 3 aromatic rings. The van der Waals surface area contributed by atoms with E-state index in [1.165, 1.54) is 36.9 Å². The van der Waals surface area contributed by atoms with Crippen molar-refractivity contribution in [1.82, 2.24) is 9.97 Å². The van der Waals surface area contributed by atoms with E-state index in [1.807, 2.05) is 30.5 Å². The molecule has 4 heterocycles. The Hall–Kier alpha value is -3.32. The first-order chi connectivity index (χ1) is 17.3. The van der Waals surface area contributed by atoms with Crippen molar-refractivity contribution in [2.45, 2.75) is 44.1 Å². The van der Waals surface area contributed by atoms with E-state index >= 15 is 0 Å². The zero-order chi connectivity index (χ0) is 23.5. The molecule has 1 saturated carbocycles. The molecular formula is C28H33N5O2. The zero-order valence-corrected chi connectivity index (χ0v) is 20.1. The van der Waals surface area contributed by atoms with Crippen molar-refractivity contribution >= 4 is 22.9 Å². The summed E-state index contributed by atoms with van der Waals surface area (Å²) in [7, 11) is 0. The quantitative estimate of drug-likeness (QED) is 0.495. The highest BCUT2D eigenvalue weighted by Crippen LogP contribution is 2.45. The summed E-state index contributed by atoms with van der Waals surface area (Å²) < 4.78 is 11.7. The second kappa shape index (κ2) is 10.1. The van der Waals surface area contributed by atoms with Crippen LogP contribution in [0.15, 0.2) is 54.7 Å². The van der Waals surface area contributed by atoms with Gasteiger partial charge in [-0.2, -0.15) is 4.98 Å². The molecular weight excluding hydrogens is 438 g/mol. The van der Waals surface area contributed by atoms with Gasteiger partial charge < -0.3 is 25.0 Å². The average molecular weight is 472 g/mol. The summed E-state index contributed by atoms with van der Waals surface area (Å²) >= 11 is 0. The number of ether oxygens (including phenoxy) is 2. The van der Waals surface area contributed by atoms with Crippen molar-refractivity contribution in [3.05, 3.63) is 66.0 Å². The minimum atomic E-state index is 0.531. The second-order valence-electron chi connectivity index (χ2n) is 9.64. The fraction of sp³-hybridized carbons (Fsp3) is 0.429. The van der Waals surface area contributed by atoms with Crippen LogP contribution < -0.4 is 20.3 Å². The standard InChI is InChI=1S/C28H33N5O2/c1-2-7-25-23(6-1)24-17-21(8-9-26(24)31-25)30-22-18-27(33-12-15-34-16-13-33)32-28(19-22)35-14-10-20-5-3-4-11-29-20/h3-5,8-9,11,17-19,23,25,31H,1-2,6-7,10,12-16H2,(H,30,32). The van der Waals surface area contributed by atoms with E-state index in [-0.39, 0.29) is 0 Å². The van der Waals surface area contributed by atoms with Crippen LogP contribution in [0.1, 0.15) is 42.9 Å². The molecule has 1 saturated heterocycles. The van der Waals surface area contributed by atoms with E-state index in [2.05, 4.69) is 44.8 Å². The van der Waals surface area contributed by atoms with Crippen LogP contribution in [0, 0.1) is 0 Å². The third-order valence-corrected chi connectivity index (χ3v) is 7.30. The van der Waals surface area contributed by atoms with Gasteiger partial charge in [0.15, 0.2) is 0 Å². The Kier molecular flexibility index (Phi) is 6.41. The molecule has 6 rings (SSSR count). The van der Waals surface area contributed by atoms with E-state index in [0.29, 0.717) is 24.4 Å². The second-order valence-corrected chi connectivity index (χ2v) is 9.64. The van der Waals surface area contributed by atoms with Crippen LogP contribution in [-0.4, -0.2) is 48.9 Å². The molecule has 7 nitrogen and oxygen atoms in total. The van der Waals surface area contributed by atoms with Crippen molar-refractivity contribution < 1.29 is 9.47 Å². The lowest BCUT2D eigenvalue weighted by molar-refractivity contribution is 0.122. The van der Waals surface area contributed by atoms with Gasteiger partial charge in [0.05, 0.1) is 19.8 Å². The summed E-state index contributed by atoms with van der Waals surface area (Å²) in [6, 6.07) is 17.4. The van der Waals surface area contributed by atoms with Crippen LogP contribution in [0.5, 0.6) is 5.88 Å². The molecule has 7 heteroatoms. The maximum Gasteiger partial charge on any atom is 0.217 e. The summed E-state index contributed by atoms with van der Waals surface area (Å²) in [5.41, 5.74) is 5.86. The molecule has 2 aromatic heterocycles. The Morgan fingerprint density at radius 3 is 2.83 bits per heavy atom. The van der Waals surface area contributed by atoms with Crippen molar-refractivity contribution in [3.63, 3.8) is 0 Å². The fourth-order valence-electron chi connectivity index (χ4n) is 5.52. The average Bonchev–Trinajstić information content (AvgIpc) is 3.28. The summed E-state index contributed by atoms with van der Waals surface area (Å²) in [5, 5.41) is 7.38. The number of nitrogens with zero attached hydrogens (tertiary/aromatic N) is 3. The van der Waals surface area contributed by atoms with Gasteiger partial charge in [0.25, 0.3) is 0 Å². The Balaban J connectivity index is 1.22. The molecule has 1 aliphatic carbocycles. The molecule has 2 atom stereocenters. The lowest BCUT2D eigenvalue weighted by atomic mass is 9.83. The monoisotopic (exact) mass is 471 g/mol. The number of fused-ring (bicyclic) bond motifs is 3. The highest BCUT2D eigenvalue weighted by Gasteiger charge is 2.33. The number of hydrogen-bond donors (Lipinski definition) is 2. The number of anilines is 4. The van der Waals surface area contributed by atoms with Gasteiger partial charge in [-0.05, 0) is 48.7 Å². The fourth-order valence-corrected chi connectivity index (χ4v) is 5.52. The smallest absolute Gasteiger partial charge is 0.217 e. The molecule has 2 aliphatic heterocycles. The lowest BCUT2D eigenvalue weighted by Gasteiger charge is -2.28. The molecule has 0 spiro atoms. The molecule has 35 heavy (non-hydrogen) atoms. The number of aromatic nitrogens is 2. The Labute approximate surface area is 206 Å². The number of hydrogen-bond acceptors (Lipinski definition) is 7. The minimum Gasteiger partial charge on any atom is -0.477 e. The van der Waals surface area contributed by atoms with Crippen LogP contribution in [0.3, 0.4) is 0 Å². The Bertz CT molecular complexity index is 1150. The van der Waals surface area contributed by atoms with Crippen molar-refractivity contribution in [3.8, 4) is 5.88 Å². The van der Waals surface area contributed by atoms with Gasteiger partial charge in [-0.1, -0.05) is 18.9 Å². The topological polar surface area (TPSA) is 71.5 Å². The molecule has 2 unspecified atom stereocenters. The molecule has 2 N–H and O–H groups in total. The van der Waals surface area contributed by atoms with E-state index in [9.17, 15) is 0 Å². The summed E-state index contributed by atoms with van der Waals surface area (Å²) in [6.07, 6.45) is 7.77. The normalized spacial score (nSPS) is 21.1. The maximum absolute atomic E-state index is 6.11. The maximum atomic E-state index is 6.11. The van der Waals surface area contributed by atoms with Gasteiger partial charge in [-0.25, -0.2) is 0 Å². The third-order valence-electron chi connectivity index (χ3n) is 7.30. The van der Waals surface area contributed by atoms with E-state index in [1.54, 1.807) is 0 Å². The van der Waals surface area contributed by atoms with Crippen LogP contribution in [0.2, 0.25) is 0 Å². The van der Waals surface area contributed by atoms with Gasteiger partial charge in [-0.15, -0.1) is 0 Å². The van der Waals surface area contributed by atoms with Crippen LogP contribution >= 0.6 is 0 Å². The molecule has 182 valence electrons. The van der Waals surface area contributed by atoms with Gasteiger partial charge in [0, 0.05) is 72.6 Å². The summed E-state index contributed by atoms with van der Waals surface area (Å²) in [6.45, 7) is 3.63. The first kappa shape index (κ1) is 22.2. The van der Waals surface area contributed by atoms with E-state index in [0.717, 1.165) is 55.6 Å². The summed E-state index contributed by atoms with van der Waals surface area (Å²) in [4.78, 5) is 11.5. The van der Waals surface area contributed by atoms with Gasteiger partial charge in [0.2, 0.25) is 5.88 Å². The van der Waals surface area contributed by atoms with Gasteiger partial charge in [-0.3, -0.25) is 4.98 Å². The van der Waals surface area contributed by atoms with Gasteiger partial charge in [0.1, 0.15) is 5.82 Å². The number of morpholine rings is 1. The van der Waals surface area contributed by atoms with Crippen molar-refractivity contribution in [2.24, 2.45) is 0 Å². The first-order valence-corrected chi connectivity index (χ1v) is 12.9. The van der Waals surface area contributed by atoms with Gasteiger partial charge >= 0.3 is 0 Å². The number of nitrogens with one attached hydrogen (secondary N) is 2. The third kappa shape index (κ3) is 5.05. The Morgan fingerprint density at radius 1 is 1.03 bits per heavy atom. The van der Waals surface area contributed by atoms with E-state index < -0.39 is 0 Å². The van der Waals surface area contributed by atoms with Crippen LogP contribution in [-0.2, 0) is 11.2 Å². The zero-order valence-electron chi connectivity index (χ0n) is 20.1. The highest BCUT2D eigenvalue weighted by molar-refractivity contribution is 5.70. The molecule has 0 radical (unpaired) electrons. The molecule has 0 bridgehead atoms. The molecule has 2 fully saturated rings. The molecule has 1 aromatic carbocycles. The largest absolute Gasteiger partial charge is 0.477 e. The minimum absolute atomic E-state index is 0.531. The SMILES string of the molecule is c1ccc(CCOc2cc(Nc3ccc4c(c3)C3CCCCC3N4)cc(N3CCOCC3)n2)nc1. The predicted octanol–water partition coefficient (Wildman–Crippen LogP) is 5.13. The van der Waals surface area contributed by atoms with Crippen molar-refractivity contribution in [2.75, 3.05) is 48.4 Å². The highest BCUT2D eigenvalue weighted by atomic mass is 16.5. The van der Waals surface area contributed by atoms with Crippen LogP contribution in [0.4, 0.5) is 22.9 Å². The molecule has 3 aliphatic rings. The van der Waals surface area contributed by atoms with Crippen molar-refractivity contribution in [1.29, 1.82) is 0 Å². The first-order valence-electron chi connectivity index (χ1n) is 12.9. The summed E-state index contributed by atoms with van der Waals surface area (Å²) in [5.74, 6) is 2.18.